The van der Waals surface area contributed by atoms with Crippen molar-refractivity contribution < 1.29 is 29.0 Å². The Morgan fingerprint density at radius 2 is 1.75 bits per heavy atom. The summed E-state index contributed by atoms with van der Waals surface area (Å²) in [6, 6.07) is 5.75. The van der Waals surface area contributed by atoms with Gasteiger partial charge in [0.2, 0.25) is 11.8 Å². The number of likely N-dealkylation sites (N-methyl/N-ethyl adjacent to an activating group) is 1. The molecule has 12 nitrogen and oxygen atoms in total. The van der Waals surface area contributed by atoms with Gasteiger partial charge in [0.05, 0.1) is 11.5 Å². The predicted molar refractivity (Wildman–Crippen MR) is 229 cm³/mol. The number of nitrogens with two attached hydrogens (primary N) is 1. The number of nitrogens with one attached hydrogen (secondary N) is 2. The third kappa shape index (κ3) is 14.4. The van der Waals surface area contributed by atoms with E-state index in [2.05, 4.69) is 43.2 Å². The lowest BCUT2D eigenvalue weighted by Gasteiger charge is -2.40. The molecule has 2 heterocycles. The number of carboxylic acids is 1. The van der Waals surface area contributed by atoms with E-state index in [0.717, 1.165) is 63.5 Å². The number of nitrogens with zero attached hydrogens (tertiary/aromatic N) is 3. The van der Waals surface area contributed by atoms with E-state index in [1.54, 1.807) is 31.4 Å². The van der Waals surface area contributed by atoms with Gasteiger partial charge in [-0.1, -0.05) is 78.9 Å². The second-order valence-corrected chi connectivity index (χ2v) is 17.9. The number of hydrogen-bond acceptors (Lipinski definition) is 9. The number of anilines is 1. The van der Waals surface area contributed by atoms with E-state index in [4.69, 9.17) is 15.5 Å². The number of piperidine rings is 1. The summed E-state index contributed by atoms with van der Waals surface area (Å²) < 4.78 is 6.35. The zero-order valence-electron chi connectivity index (χ0n) is 36.1. The summed E-state index contributed by atoms with van der Waals surface area (Å²) in [4.78, 5) is 63.3. The van der Waals surface area contributed by atoms with Gasteiger partial charge in [-0.05, 0) is 96.0 Å². The summed E-state index contributed by atoms with van der Waals surface area (Å²) in [5, 5.41) is 18.5. The van der Waals surface area contributed by atoms with Crippen LogP contribution in [0.2, 0.25) is 0 Å². The lowest BCUT2D eigenvalue weighted by molar-refractivity contribution is -0.147. The zero-order chi connectivity index (χ0) is 42.3. The summed E-state index contributed by atoms with van der Waals surface area (Å²) in [6.45, 7) is 17.6. The molecule has 1 aromatic heterocycles. The Morgan fingerprint density at radius 1 is 1.05 bits per heavy atom. The number of aromatic nitrogens is 1. The highest BCUT2D eigenvalue weighted by molar-refractivity contribution is 7.09. The normalized spacial score (nSPS) is 17.7. The molecule has 5 N–H and O–H groups in total. The number of hydrogen-bond donors (Lipinski definition) is 4. The molecule has 0 bridgehead atoms. The molecular weight excluding hydrogens is 741 g/mol. The maximum Gasteiger partial charge on any atom is 0.309 e. The molecule has 13 heteroatoms. The van der Waals surface area contributed by atoms with Crippen molar-refractivity contribution >= 4 is 40.7 Å². The smallest absolute Gasteiger partial charge is 0.309 e. The van der Waals surface area contributed by atoms with E-state index in [9.17, 15) is 24.3 Å². The predicted octanol–water partition coefficient (Wildman–Crippen LogP) is 7.48. The van der Waals surface area contributed by atoms with E-state index >= 15 is 0 Å². The number of benzene rings is 1. The van der Waals surface area contributed by atoms with Crippen LogP contribution in [0.25, 0.3) is 0 Å². The molecule has 1 unspecified atom stereocenters. The monoisotopic (exact) mass is 813 g/mol. The minimum absolute atomic E-state index is 0.0581. The van der Waals surface area contributed by atoms with E-state index in [-0.39, 0.29) is 47.8 Å². The van der Waals surface area contributed by atoms with Crippen molar-refractivity contribution in [1.29, 1.82) is 0 Å². The number of carbonyl (C=O) groups is 4. The largest absolute Gasteiger partial charge is 0.481 e. The Kier molecular flexibility index (Phi) is 19.4. The quantitative estimate of drug-likeness (QED) is 0.0621. The highest BCUT2D eigenvalue weighted by Gasteiger charge is 2.38. The van der Waals surface area contributed by atoms with Crippen molar-refractivity contribution in [3.05, 3.63) is 45.9 Å². The standard InChI is InChI=1S/C44H72N6O6S/c1-10-13-14-16-24-50(42(53)38(30(6)11-2)48-40(52)35-18-15-17-23-49(35)9)36(29(4)5)26-37(56-12-3)41-47-34(28-57-41)39(51)46-33(27-44(7,8)43(54)55)25-31-19-21-32(45)22-20-31/h19-22,28-30,33,35-38H,10-18,23-27,45H2,1-9H3,(H,46,51)(H,48,52)(H,54,55)/t30-,33-,35?,36+,37+,38-/m0/s1. The topological polar surface area (TPSA) is 167 Å². The van der Waals surface area contributed by atoms with Gasteiger partial charge in [-0.15, -0.1) is 11.3 Å². The Bertz CT molecular complexity index is 1560. The van der Waals surface area contributed by atoms with Gasteiger partial charge >= 0.3 is 5.97 Å². The lowest BCUT2D eigenvalue weighted by Crippen LogP contribution is -2.59. The molecule has 3 rings (SSSR count). The lowest BCUT2D eigenvalue weighted by atomic mass is 9.84. The summed E-state index contributed by atoms with van der Waals surface area (Å²) in [6.07, 6.45) is 8.23. The van der Waals surface area contributed by atoms with E-state index in [1.165, 1.54) is 11.3 Å². The van der Waals surface area contributed by atoms with E-state index in [0.29, 0.717) is 36.7 Å². The fourth-order valence-electron chi connectivity index (χ4n) is 7.70. The minimum Gasteiger partial charge on any atom is -0.481 e. The number of likely N-dealkylation sites (tertiary alicyclic amines) is 1. The van der Waals surface area contributed by atoms with Crippen molar-refractivity contribution in [1.82, 2.24) is 25.4 Å². The summed E-state index contributed by atoms with van der Waals surface area (Å²) in [7, 11) is 1.99. The van der Waals surface area contributed by atoms with Gasteiger partial charge in [-0.25, -0.2) is 4.98 Å². The second-order valence-electron chi connectivity index (χ2n) is 17.0. The first-order valence-electron chi connectivity index (χ1n) is 21.3. The number of aliphatic carboxylic acids is 1. The second kappa shape index (κ2) is 23.1. The van der Waals surface area contributed by atoms with Gasteiger partial charge < -0.3 is 31.1 Å². The Hall–Kier alpha value is -3.55. The fraction of sp³-hybridized carbons (Fsp3) is 0.705. The van der Waals surface area contributed by atoms with Crippen LogP contribution in [-0.4, -0.2) is 94.5 Å². The molecule has 57 heavy (non-hydrogen) atoms. The molecular formula is C44H72N6O6S. The Balaban J connectivity index is 1.90. The zero-order valence-corrected chi connectivity index (χ0v) is 37.0. The third-order valence-corrected chi connectivity index (χ3v) is 12.5. The molecule has 0 saturated carbocycles. The Morgan fingerprint density at radius 3 is 2.35 bits per heavy atom. The maximum atomic E-state index is 14.9. The van der Waals surface area contributed by atoms with Gasteiger partial charge in [-0.3, -0.25) is 24.1 Å². The molecule has 2 aromatic rings. The fourth-order valence-corrected chi connectivity index (χ4v) is 8.56. The molecule has 0 radical (unpaired) electrons. The Labute approximate surface area is 346 Å². The van der Waals surface area contributed by atoms with Crippen LogP contribution in [0.15, 0.2) is 29.6 Å². The van der Waals surface area contributed by atoms with Crippen molar-refractivity contribution in [2.45, 2.75) is 156 Å². The summed E-state index contributed by atoms with van der Waals surface area (Å²) in [5.41, 5.74) is 6.60. The molecule has 1 aromatic carbocycles. The number of thiazole rings is 1. The summed E-state index contributed by atoms with van der Waals surface area (Å²) >= 11 is 1.34. The molecule has 0 aliphatic carbocycles. The number of rotatable bonds is 24. The van der Waals surface area contributed by atoms with E-state index in [1.807, 2.05) is 37.9 Å². The molecule has 6 atom stereocenters. The average Bonchev–Trinajstić information content (AvgIpc) is 3.67. The molecule has 0 spiro atoms. The van der Waals surface area contributed by atoms with Crippen LogP contribution in [0.4, 0.5) is 5.69 Å². The van der Waals surface area contributed by atoms with Crippen LogP contribution in [0.1, 0.15) is 147 Å². The van der Waals surface area contributed by atoms with Crippen LogP contribution in [-0.2, 0) is 25.5 Å². The highest BCUT2D eigenvalue weighted by atomic mass is 32.1. The van der Waals surface area contributed by atoms with Crippen molar-refractivity contribution in [2.75, 3.05) is 32.5 Å². The van der Waals surface area contributed by atoms with Crippen molar-refractivity contribution in [3.8, 4) is 0 Å². The van der Waals surface area contributed by atoms with Crippen LogP contribution in [0, 0.1) is 17.3 Å². The molecule has 1 saturated heterocycles. The van der Waals surface area contributed by atoms with Crippen molar-refractivity contribution in [3.63, 3.8) is 0 Å². The highest BCUT2D eigenvalue weighted by Crippen LogP contribution is 2.32. The van der Waals surface area contributed by atoms with Gasteiger partial charge in [0.15, 0.2) is 0 Å². The van der Waals surface area contributed by atoms with Crippen LogP contribution < -0.4 is 16.4 Å². The number of amides is 3. The first-order chi connectivity index (χ1) is 27.0. The van der Waals surface area contributed by atoms with Crippen LogP contribution in [0.3, 0.4) is 0 Å². The number of carbonyl (C=O) groups excluding carboxylic acids is 3. The molecule has 1 fully saturated rings. The first kappa shape index (κ1) is 47.8. The SMILES string of the molecule is CCCCCCN(C(=O)[C@@H](NC(=O)C1CCCCN1C)[C@@H](C)CC)[C@H](C[C@@H](OCC)c1nc(C(=O)N[C@@H](Cc2ccc(N)cc2)CC(C)(C)C(=O)O)cs1)C(C)C. The van der Waals surface area contributed by atoms with E-state index < -0.39 is 35.5 Å². The van der Waals surface area contributed by atoms with Crippen LogP contribution in [0.5, 0.6) is 0 Å². The first-order valence-corrected chi connectivity index (χ1v) is 22.2. The van der Waals surface area contributed by atoms with Crippen molar-refractivity contribution in [2.24, 2.45) is 17.3 Å². The summed E-state index contributed by atoms with van der Waals surface area (Å²) in [5.74, 6) is -1.47. The molecule has 1 aliphatic rings. The molecule has 320 valence electrons. The minimum atomic E-state index is -1.08. The average molecular weight is 813 g/mol. The van der Waals surface area contributed by atoms with Crippen LogP contribution >= 0.6 is 11.3 Å². The van der Waals surface area contributed by atoms with Gasteiger partial charge in [0.1, 0.15) is 22.8 Å². The van der Waals surface area contributed by atoms with Gasteiger partial charge in [0, 0.05) is 42.7 Å². The number of unbranched alkanes of at least 4 members (excludes halogenated alkanes) is 3. The number of nitrogen functional groups attached to an aromatic ring is 1. The molecule has 1 aliphatic heterocycles. The number of carboxylic acid groups (broad SMARTS) is 1. The van der Waals surface area contributed by atoms with Gasteiger partial charge in [-0.2, -0.15) is 0 Å². The van der Waals surface area contributed by atoms with Gasteiger partial charge in [0.25, 0.3) is 5.91 Å². The number of ether oxygens (including phenoxy) is 1. The maximum absolute atomic E-state index is 14.9. The third-order valence-electron chi connectivity index (χ3n) is 11.5. The molecule has 3 amide bonds.